The van der Waals surface area contributed by atoms with Gasteiger partial charge in [0.05, 0.1) is 0 Å². The molecular formula is C15H22N2O4. The highest BCUT2D eigenvalue weighted by Gasteiger charge is 2.32. The van der Waals surface area contributed by atoms with E-state index < -0.39 is 17.9 Å². The van der Waals surface area contributed by atoms with Crippen molar-refractivity contribution in [2.24, 2.45) is 11.8 Å². The van der Waals surface area contributed by atoms with Gasteiger partial charge in [-0.1, -0.05) is 0 Å². The molecule has 6 heteroatoms. The highest BCUT2D eigenvalue weighted by molar-refractivity contribution is 6.07. The van der Waals surface area contributed by atoms with E-state index in [0.29, 0.717) is 24.9 Å². The van der Waals surface area contributed by atoms with E-state index in [1.807, 2.05) is 0 Å². The first-order chi connectivity index (χ1) is 9.88. The van der Waals surface area contributed by atoms with Crippen LogP contribution in [0, 0.1) is 11.8 Å². The molecule has 2 rings (SSSR count). The Balaban J connectivity index is 1.94. The first kappa shape index (κ1) is 15.5. The number of hydrogen-bond acceptors (Lipinski definition) is 3. The van der Waals surface area contributed by atoms with Crippen LogP contribution in [0.3, 0.4) is 0 Å². The Hall–Kier alpha value is -1.85. The molecule has 0 unspecified atom stereocenters. The molecule has 0 aromatic heterocycles. The van der Waals surface area contributed by atoms with Gasteiger partial charge in [-0.3, -0.25) is 10.1 Å². The molecule has 0 heterocycles. The van der Waals surface area contributed by atoms with Gasteiger partial charge in [-0.25, -0.2) is 9.59 Å². The van der Waals surface area contributed by atoms with Crippen molar-refractivity contribution >= 4 is 17.9 Å². The van der Waals surface area contributed by atoms with E-state index in [9.17, 15) is 14.4 Å². The summed E-state index contributed by atoms with van der Waals surface area (Å²) in [6, 6.07) is -0.406. The predicted molar refractivity (Wildman–Crippen MR) is 76.6 cm³/mol. The molecule has 2 saturated carbocycles. The van der Waals surface area contributed by atoms with Crippen LogP contribution in [-0.4, -0.2) is 41.0 Å². The number of urea groups is 1. The lowest BCUT2D eigenvalue weighted by molar-refractivity contribution is -0.133. The molecule has 0 bridgehead atoms. The Morgan fingerprint density at radius 2 is 1.48 bits per heavy atom. The maximum atomic E-state index is 12.2. The minimum Gasteiger partial charge on any atom is -0.478 e. The van der Waals surface area contributed by atoms with Gasteiger partial charge in [0, 0.05) is 24.2 Å². The van der Waals surface area contributed by atoms with Crippen LogP contribution in [0.15, 0.2) is 11.1 Å². The summed E-state index contributed by atoms with van der Waals surface area (Å²) in [5, 5.41) is 11.2. The topological polar surface area (TPSA) is 86.7 Å². The van der Waals surface area contributed by atoms with E-state index in [4.69, 9.17) is 5.11 Å². The second-order valence-electron chi connectivity index (χ2n) is 6.11. The molecule has 116 valence electrons. The maximum Gasteiger partial charge on any atom is 0.331 e. The van der Waals surface area contributed by atoms with Crippen molar-refractivity contribution in [3.05, 3.63) is 11.1 Å². The summed E-state index contributed by atoms with van der Waals surface area (Å²) in [6.07, 6.45) is 4.55. The number of carbonyl (C=O) groups excluding carboxylic acids is 2. The molecule has 2 N–H and O–H groups in total. The van der Waals surface area contributed by atoms with Gasteiger partial charge in [-0.15, -0.1) is 0 Å². The maximum absolute atomic E-state index is 12.2. The van der Waals surface area contributed by atoms with Gasteiger partial charge < -0.3 is 10.0 Å². The molecule has 0 atom stereocenters. The molecule has 0 aromatic carbocycles. The first-order valence-corrected chi connectivity index (χ1v) is 7.39. The number of amides is 3. The van der Waals surface area contributed by atoms with Crippen molar-refractivity contribution in [2.45, 2.75) is 39.5 Å². The lowest BCUT2D eigenvalue weighted by Gasteiger charge is -2.22. The molecule has 0 aliphatic heterocycles. The van der Waals surface area contributed by atoms with Gasteiger partial charge in [0.2, 0.25) is 0 Å². The van der Waals surface area contributed by atoms with Gasteiger partial charge in [-0.2, -0.15) is 0 Å². The normalized spacial score (nSPS) is 18.8. The number of imide groups is 1. The Bertz CT molecular complexity index is 476. The smallest absolute Gasteiger partial charge is 0.331 e. The number of aliphatic carboxylic acids is 1. The van der Waals surface area contributed by atoms with Crippen LogP contribution in [0.2, 0.25) is 0 Å². The fourth-order valence-electron chi connectivity index (χ4n) is 2.07. The number of nitrogens with zero attached hydrogens (tertiary/aromatic N) is 1. The summed E-state index contributed by atoms with van der Waals surface area (Å²) in [6.45, 7) is 4.15. The zero-order valence-electron chi connectivity index (χ0n) is 12.5. The molecule has 0 aromatic rings. The summed E-state index contributed by atoms with van der Waals surface area (Å²) < 4.78 is 0. The third-order valence-corrected chi connectivity index (χ3v) is 4.08. The molecule has 3 amide bonds. The third-order valence-electron chi connectivity index (χ3n) is 4.08. The van der Waals surface area contributed by atoms with Crippen LogP contribution in [0.25, 0.3) is 0 Å². The fourth-order valence-corrected chi connectivity index (χ4v) is 2.07. The molecule has 21 heavy (non-hydrogen) atoms. The minimum atomic E-state index is -1.15. The molecule has 6 nitrogen and oxygen atoms in total. The highest BCUT2D eigenvalue weighted by atomic mass is 16.4. The van der Waals surface area contributed by atoms with E-state index in [-0.39, 0.29) is 11.1 Å². The number of carboxylic acid groups (broad SMARTS) is 1. The summed E-state index contributed by atoms with van der Waals surface area (Å²) in [5.74, 6) is -0.664. The second-order valence-corrected chi connectivity index (χ2v) is 6.11. The standard InChI is InChI=1S/C15H22N2O4/c1-9(10(2)14(19)20)13(18)16-15(21)17(7-11-3-4-11)8-12-5-6-12/h11-12H,3-8H2,1-2H3,(H,19,20)(H,16,18,21). The zero-order chi connectivity index (χ0) is 15.6. The Kier molecular flexibility index (Phi) is 4.65. The molecule has 2 aliphatic carbocycles. The monoisotopic (exact) mass is 294 g/mol. The lowest BCUT2D eigenvalue weighted by Crippen LogP contribution is -2.45. The summed E-state index contributed by atoms with van der Waals surface area (Å²) in [4.78, 5) is 36.7. The Morgan fingerprint density at radius 3 is 1.86 bits per heavy atom. The average molecular weight is 294 g/mol. The number of rotatable bonds is 6. The van der Waals surface area contributed by atoms with E-state index in [0.717, 1.165) is 25.7 Å². The molecule has 0 saturated heterocycles. The average Bonchev–Trinajstić information content (AvgIpc) is 3.30. The zero-order valence-corrected chi connectivity index (χ0v) is 12.5. The van der Waals surface area contributed by atoms with Crippen molar-refractivity contribution in [3.8, 4) is 0 Å². The summed E-state index contributed by atoms with van der Waals surface area (Å²) in [7, 11) is 0. The summed E-state index contributed by atoms with van der Waals surface area (Å²) in [5.41, 5.74) is 0.0184. The van der Waals surface area contributed by atoms with Gasteiger partial charge in [0.15, 0.2) is 0 Å². The van der Waals surface area contributed by atoms with Gasteiger partial charge in [-0.05, 0) is 51.4 Å². The van der Waals surface area contributed by atoms with Crippen LogP contribution in [-0.2, 0) is 9.59 Å². The number of carboxylic acids is 1. The number of nitrogens with one attached hydrogen (secondary N) is 1. The molecule has 0 radical (unpaired) electrons. The van der Waals surface area contributed by atoms with E-state index >= 15 is 0 Å². The highest BCUT2D eigenvalue weighted by Crippen LogP contribution is 2.33. The summed E-state index contributed by atoms with van der Waals surface area (Å²) >= 11 is 0. The van der Waals surface area contributed by atoms with E-state index in [1.54, 1.807) is 4.90 Å². The van der Waals surface area contributed by atoms with Crippen LogP contribution < -0.4 is 5.32 Å². The van der Waals surface area contributed by atoms with Gasteiger partial charge in [0.25, 0.3) is 5.91 Å². The van der Waals surface area contributed by atoms with Crippen LogP contribution in [0.5, 0.6) is 0 Å². The Morgan fingerprint density at radius 1 is 1.00 bits per heavy atom. The number of carbonyl (C=O) groups is 3. The molecule has 2 aliphatic rings. The third kappa shape index (κ3) is 4.58. The van der Waals surface area contributed by atoms with Gasteiger partial charge >= 0.3 is 12.0 Å². The van der Waals surface area contributed by atoms with Crippen LogP contribution in [0.4, 0.5) is 4.79 Å². The first-order valence-electron chi connectivity index (χ1n) is 7.39. The van der Waals surface area contributed by atoms with Crippen LogP contribution in [0.1, 0.15) is 39.5 Å². The molecule has 2 fully saturated rings. The molecular weight excluding hydrogens is 272 g/mol. The second kappa shape index (κ2) is 6.28. The fraction of sp³-hybridized carbons (Fsp3) is 0.667. The quantitative estimate of drug-likeness (QED) is 0.731. The number of hydrogen-bond donors (Lipinski definition) is 2. The Labute approximate surface area is 124 Å². The molecule has 0 spiro atoms. The van der Waals surface area contributed by atoms with Gasteiger partial charge in [0.1, 0.15) is 0 Å². The van der Waals surface area contributed by atoms with Crippen molar-refractivity contribution < 1.29 is 19.5 Å². The van der Waals surface area contributed by atoms with E-state index in [2.05, 4.69) is 5.32 Å². The van der Waals surface area contributed by atoms with Crippen molar-refractivity contribution in [3.63, 3.8) is 0 Å². The van der Waals surface area contributed by atoms with Crippen LogP contribution >= 0.6 is 0 Å². The van der Waals surface area contributed by atoms with Crippen molar-refractivity contribution in [1.82, 2.24) is 10.2 Å². The van der Waals surface area contributed by atoms with E-state index in [1.165, 1.54) is 13.8 Å². The predicted octanol–water partition coefficient (Wildman–Crippen LogP) is 1.77. The largest absolute Gasteiger partial charge is 0.478 e. The van der Waals surface area contributed by atoms with Crippen molar-refractivity contribution in [1.29, 1.82) is 0 Å². The minimum absolute atomic E-state index is 0.0452. The van der Waals surface area contributed by atoms with Crippen molar-refractivity contribution in [2.75, 3.05) is 13.1 Å². The lowest BCUT2D eigenvalue weighted by atomic mass is 10.1. The SMILES string of the molecule is CC(C(=O)O)=C(C)C(=O)NC(=O)N(CC1CC1)CC1CC1.